The second kappa shape index (κ2) is 14.2. The molecule has 0 fully saturated rings. The van der Waals surface area contributed by atoms with Crippen LogP contribution < -0.4 is 20.1 Å². The molecule has 17 heteroatoms. The van der Waals surface area contributed by atoms with Gasteiger partial charge in [-0.15, -0.1) is 0 Å². The first-order valence-electron chi connectivity index (χ1n) is 13.5. The van der Waals surface area contributed by atoms with Crippen LogP contribution in [0.1, 0.15) is 35.4 Å². The molecule has 0 unspecified atom stereocenters. The molecule has 0 spiro atoms. The molecule has 0 aliphatic heterocycles. The fourth-order valence-corrected chi connectivity index (χ4v) is 6.65. The molecular formula is C28H32N6O8S3. The maximum absolute atomic E-state index is 12.6. The van der Waals surface area contributed by atoms with Crippen LogP contribution in [0.15, 0.2) is 67.4 Å². The van der Waals surface area contributed by atoms with Gasteiger partial charge in [-0.3, -0.25) is 9.59 Å². The monoisotopic (exact) mass is 676 g/mol. The van der Waals surface area contributed by atoms with E-state index in [1.165, 1.54) is 60.3 Å². The number of aryl methyl sites for hydroxylation is 2. The molecule has 2 aromatic heterocycles. The fraction of sp³-hybridized carbons (Fsp3) is 0.286. The SMILES string of the molecule is Cc1noc(NS(=O)(=O)c2ccc(NC(=O)CCSCCC(=O)Nc3ccc(S(=O)(=O)Nc4onc(C)c4C)cc3)cc2)c1C. The van der Waals surface area contributed by atoms with Gasteiger partial charge in [-0.2, -0.15) is 11.8 Å². The molecule has 240 valence electrons. The summed E-state index contributed by atoms with van der Waals surface area (Å²) in [6, 6.07) is 11.4. The lowest BCUT2D eigenvalue weighted by Gasteiger charge is -2.09. The first kappa shape index (κ1) is 33.5. The number of thioether (sulfide) groups is 1. The van der Waals surface area contributed by atoms with Gasteiger partial charge in [-0.05, 0) is 76.2 Å². The number of hydrogen-bond acceptors (Lipinski definition) is 11. The molecule has 0 saturated carbocycles. The summed E-state index contributed by atoms with van der Waals surface area (Å²) in [5.74, 6) is 0.512. The number of aromatic nitrogens is 2. The van der Waals surface area contributed by atoms with Gasteiger partial charge < -0.3 is 19.7 Å². The highest BCUT2D eigenvalue weighted by Gasteiger charge is 2.20. The molecule has 4 aromatic rings. The number of anilines is 4. The van der Waals surface area contributed by atoms with Gasteiger partial charge in [-0.1, -0.05) is 10.3 Å². The molecule has 0 saturated heterocycles. The summed E-state index contributed by atoms with van der Waals surface area (Å²) >= 11 is 1.43. The van der Waals surface area contributed by atoms with Crippen LogP contribution >= 0.6 is 11.8 Å². The first-order chi connectivity index (χ1) is 21.2. The van der Waals surface area contributed by atoms with Gasteiger partial charge in [0, 0.05) is 46.8 Å². The minimum absolute atomic E-state index is 0.00580. The highest BCUT2D eigenvalue weighted by atomic mass is 32.2. The number of carbonyl (C=O) groups excluding carboxylic acids is 2. The largest absolute Gasteiger partial charge is 0.337 e. The maximum Gasteiger partial charge on any atom is 0.264 e. The molecule has 0 bridgehead atoms. The fourth-order valence-electron chi connectivity index (χ4n) is 3.70. The Balaban J connectivity index is 1.15. The van der Waals surface area contributed by atoms with Crippen LogP contribution in [0.4, 0.5) is 23.1 Å². The number of benzene rings is 2. The molecule has 4 N–H and O–H groups in total. The highest BCUT2D eigenvalue weighted by Crippen LogP contribution is 2.24. The van der Waals surface area contributed by atoms with Crippen molar-refractivity contribution < 1.29 is 35.5 Å². The molecule has 0 aliphatic rings. The lowest BCUT2D eigenvalue weighted by Crippen LogP contribution is -2.15. The third kappa shape index (κ3) is 8.86. The molecule has 14 nitrogen and oxygen atoms in total. The summed E-state index contributed by atoms with van der Waals surface area (Å²) in [5, 5.41) is 12.9. The van der Waals surface area contributed by atoms with E-state index < -0.39 is 20.0 Å². The molecule has 4 rings (SSSR count). The van der Waals surface area contributed by atoms with E-state index in [1.807, 2.05) is 0 Å². The third-order valence-electron chi connectivity index (χ3n) is 6.61. The third-order valence-corrected chi connectivity index (χ3v) is 10.3. The van der Waals surface area contributed by atoms with Crippen LogP contribution in [0.5, 0.6) is 0 Å². The Labute approximate surface area is 264 Å². The summed E-state index contributed by atoms with van der Waals surface area (Å²) in [6.45, 7) is 6.78. The smallest absolute Gasteiger partial charge is 0.264 e. The van der Waals surface area contributed by atoms with E-state index >= 15 is 0 Å². The second-order valence-corrected chi connectivity index (χ2v) is 14.5. The molecule has 2 amide bonds. The number of carbonyl (C=O) groups is 2. The summed E-state index contributed by atoms with van der Waals surface area (Å²) in [5.41, 5.74) is 3.21. The van der Waals surface area contributed by atoms with E-state index in [-0.39, 0.29) is 46.2 Å². The molecule has 45 heavy (non-hydrogen) atoms. The average Bonchev–Trinajstić information content (AvgIpc) is 3.47. The Bertz CT molecular complexity index is 1750. The van der Waals surface area contributed by atoms with Crippen molar-refractivity contribution in [3.63, 3.8) is 0 Å². The van der Waals surface area contributed by atoms with E-state index in [4.69, 9.17) is 9.05 Å². The number of sulfonamides is 2. The van der Waals surface area contributed by atoms with E-state index in [2.05, 4.69) is 30.4 Å². The standard InChI is InChI=1S/C28H32N6O8S3/c1-17-19(3)31-41-27(17)33-44(37,38)23-9-5-21(6-10-23)29-25(35)13-15-43-16-14-26(36)30-22-7-11-24(12-8-22)45(39,40)34-28-18(2)20(4)32-42-28/h5-12,33-34H,13-16H2,1-4H3,(H,29,35)(H,30,36). The van der Waals surface area contributed by atoms with Gasteiger partial charge in [0.2, 0.25) is 23.6 Å². The van der Waals surface area contributed by atoms with Gasteiger partial charge in [-0.25, -0.2) is 26.3 Å². The van der Waals surface area contributed by atoms with Gasteiger partial charge in [0.1, 0.15) is 0 Å². The van der Waals surface area contributed by atoms with Crippen molar-refractivity contribution in [2.24, 2.45) is 0 Å². The quantitative estimate of drug-likeness (QED) is 0.136. The van der Waals surface area contributed by atoms with Crippen LogP contribution in [0.3, 0.4) is 0 Å². The predicted molar refractivity (Wildman–Crippen MR) is 170 cm³/mol. The van der Waals surface area contributed by atoms with Gasteiger partial charge in [0.15, 0.2) is 0 Å². The van der Waals surface area contributed by atoms with Crippen molar-refractivity contribution in [1.82, 2.24) is 10.3 Å². The zero-order chi connectivity index (χ0) is 32.8. The molecule has 0 aliphatic carbocycles. The van der Waals surface area contributed by atoms with Crippen molar-refractivity contribution in [3.05, 3.63) is 71.0 Å². The topological polar surface area (TPSA) is 203 Å². The number of nitrogens with zero attached hydrogens (tertiary/aromatic N) is 2. The van der Waals surface area contributed by atoms with Gasteiger partial charge >= 0.3 is 0 Å². The Morgan fingerprint density at radius 3 is 1.31 bits per heavy atom. The van der Waals surface area contributed by atoms with Gasteiger partial charge in [0.05, 0.1) is 21.2 Å². The van der Waals surface area contributed by atoms with Crippen LogP contribution in [0.25, 0.3) is 0 Å². The van der Waals surface area contributed by atoms with Crippen LogP contribution in [-0.2, 0) is 29.6 Å². The minimum Gasteiger partial charge on any atom is -0.337 e. The summed E-state index contributed by atoms with van der Waals surface area (Å²) in [7, 11) is -7.80. The Kier molecular flexibility index (Phi) is 10.6. The van der Waals surface area contributed by atoms with Crippen LogP contribution in [-0.4, -0.2) is 50.5 Å². The van der Waals surface area contributed by atoms with E-state index in [9.17, 15) is 26.4 Å². The number of amides is 2. The lowest BCUT2D eigenvalue weighted by molar-refractivity contribution is -0.116. The van der Waals surface area contributed by atoms with Crippen molar-refractivity contribution >= 4 is 66.8 Å². The zero-order valence-electron chi connectivity index (χ0n) is 24.8. The number of rotatable bonds is 14. The van der Waals surface area contributed by atoms with E-state index in [0.29, 0.717) is 45.4 Å². The lowest BCUT2D eigenvalue weighted by atomic mass is 10.3. The number of hydrogen-bond donors (Lipinski definition) is 4. The highest BCUT2D eigenvalue weighted by molar-refractivity contribution is 7.99. The average molecular weight is 677 g/mol. The summed E-state index contributed by atoms with van der Waals surface area (Å²) in [6.07, 6.45) is 0.379. The molecule has 2 heterocycles. The number of nitrogens with one attached hydrogen (secondary N) is 4. The van der Waals surface area contributed by atoms with Crippen molar-refractivity contribution in [3.8, 4) is 0 Å². The molecular weight excluding hydrogens is 645 g/mol. The maximum atomic E-state index is 12.6. The Morgan fingerprint density at radius 1 is 0.644 bits per heavy atom. The predicted octanol–water partition coefficient (Wildman–Crippen LogP) is 4.59. The van der Waals surface area contributed by atoms with Gasteiger partial charge in [0.25, 0.3) is 20.0 Å². The van der Waals surface area contributed by atoms with Crippen molar-refractivity contribution in [2.45, 2.75) is 50.3 Å². The van der Waals surface area contributed by atoms with Crippen molar-refractivity contribution in [1.29, 1.82) is 0 Å². The first-order valence-corrected chi connectivity index (χ1v) is 17.7. The zero-order valence-corrected chi connectivity index (χ0v) is 27.3. The molecule has 2 aromatic carbocycles. The Morgan fingerprint density at radius 2 is 1.00 bits per heavy atom. The van der Waals surface area contributed by atoms with Crippen LogP contribution in [0.2, 0.25) is 0 Å². The van der Waals surface area contributed by atoms with Crippen LogP contribution in [0, 0.1) is 27.7 Å². The normalized spacial score (nSPS) is 11.6. The van der Waals surface area contributed by atoms with E-state index in [0.717, 1.165) is 0 Å². The Hall–Kier alpha value is -4.35. The second-order valence-electron chi connectivity index (χ2n) is 9.91. The van der Waals surface area contributed by atoms with Crippen molar-refractivity contribution in [2.75, 3.05) is 31.6 Å². The van der Waals surface area contributed by atoms with E-state index in [1.54, 1.807) is 27.7 Å². The minimum atomic E-state index is -3.90. The molecule has 0 radical (unpaired) electrons. The summed E-state index contributed by atoms with van der Waals surface area (Å²) < 4.78 is 65.2. The molecule has 0 atom stereocenters. The summed E-state index contributed by atoms with van der Waals surface area (Å²) in [4.78, 5) is 24.6.